The first-order valence-corrected chi connectivity index (χ1v) is 24.7. The lowest BCUT2D eigenvalue weighted by atomic mass is 9.95. The zero-order chi connectivity index (χ0) is 45.9. The summed E-state index contributed by atoms with van der Waals surface area (Å²) in [4.78, 5) is 2.46. The number of para-hydroxylation sites is 1. The number of anilines is 3. The molecule has 0 aliphatic rings. The van der Waals surface area contributed by atoms with E-state index in [4.69, 9.17) is 4.42 Å². The Morgan fingerprint density at radius 2 is 0.971 bits per heavy atom. The van der Waals surface area contributed by atoms with Crippen LogP contribution in [0.3, 0.4) is 0 Å². The molecule has 326 valence electrons. The van der Waals surface area contributed by atoms with Crippen molar-refractivity contribution in [3.8, 4) is 27.9 Å². The van der Waals surface area contributed by atoms with E-state index < -0.39 is 0 Å². The lowest BCUT2D eigenvalue weighted by molar-refractivity contribution is 0.672. The van der Waals surface area contributed by atoms with E-state index in [1.54, 1.807) is 0 Å². The van der Waals surface area contributed by atoms with Gasteiger partial charge in [-0.25, -0.2) is 0 Å². The van der Waals surface area contributed by atoms with E-state index in [0.29, 0.717) is 0 Å². The Labute approximate surface area is 406 Å². The van der Waals surface area contributed by atoms with E-state index in [1.807, 2.05) is 11.3 Å². The van der Waals surface area contributed by atoms with Crippen molar-refractivity contribution >= 4 is 125 Å². The molecule has 0 N–H and O–H groups in total. The summed E-state index contributed by atoms with van der Waals surface area (Å²) in [5.74, 6) is 0. The molecule has 4 heteroatoms. The zero-order valence-electron chi connectivity index (χ0n) is 37.8. The van der Waals surface area contributed by atoms with Crippen LogP contribution in [0.2, 0.25) is 0 Å². The number of nitrogens with zero attached hydrogens (tertiary/aromatic N) is 2. The SMILES string of the molecule is c1ccc2cc(-n3c4ccccc4c4ccc(-c5cc(-c6ccc7sc8ccccc8c7c6)cc(N(c6ccc7oc8c9ccccc9ccc8c7c6)c6cccc7ccccc67)c5)cc43)ccc2c1. The van der Waals surface area contributed by atoms with Crippen molar-refractivity contribution in [2.45, 2.75) is 0 Å². The van der Waals surface area contributed by atoms with Gasteiger partial charge in [0.25, 0.3) is 0 Å². The lowest BCUT2D eigenvalue weighted by Crippen LogP contribution is -2.11. The van der Waals surface area contributed by atoms with Gasteiger partial charge in [0, 0.05) is 69.6 Å². The van der Waals surface area contributed by atoms with Gasteiger partial charge in [-0.15, -0.1) is 11.3 Å². The van der Waals surface area contributed by atoms with Crippen molar-refractivity contribution in [2.24, 2.45) is 0 Å². The van der Waals surface area contributed by atoms with Crippen molar-refractivity contribution in [3.63, 3.8) is 0 Å². The highest BCUT2D eigenvalue weighted by Crippen LogP contribution is 2.46. The molecule has 15 rings (SSSR count). The van der Waals surface area contributed by atoms with Crippen molar-refractivity contribution in [3.05, 3.63) is 243 Å². The van der Waals surface area contributed by atoms with Crippen LogP contribution in [0.5, 0.6) is 0 Å². The second-order valence-electron chi connectivity index (χ2n) is 18.5. The summed E-state index contributed by atoms with van der Waals surface area (Å²) in [6, 6.07) is 89.2. The average molecular weight is 909 g/mol. The third-order valence-electron chi connectivity index (χ3n) is 14.5. The van der Waals surface area contributed by atoms with E-state index in [0.717, 1.165) is 66.8 Å². The predicted octanol–water partition coefficient (Wildman–Crippen LogP) is 19.3. The third kappa shape index (κ3) is 6.07. The number of thiophene rings is 1. The fourth-order valence-electron chi connectivity index (χ4n) is 11.2. The number of aromatic nitrogens is 1. The molecule has 0 unspecified atom stereocenters. The summed E-state index contributed by atoms with van der Waals surface area (Å²) in [6.45, 7) is 0. The van der Waals surface area contributed by atoms with Crippen molar-refractivity contribution in [1.29, 1.82) is 0 Å². The fraction of sp³-hybridized carbons (Fsp3) is 0. The van der Waals surface area contributed by atoms with E-state index in [9.17, 15) is 0 Å². The second kappa shape index (κ2) is 15.3. The molecule has 0 radical (unpaired) electrons. The Bertz CT molecular complexity index is 4620. The monoisotopic (exact) mass is 908 g/mol. The minimum atomic E-state index is 0.869. The summed E-state index contributed by atoms with van der Waals surface area (Å²) in [7, 11) is 0. The van der Waals surface area contributed by atoms with Crippen molar-refractivity contribution < 1.29 is 4.42 Å². The van der Waals surface area contributed by atoms with E-state index in [1.165, 1.54) is 74.5 Å². The molecule has 0 aliphatic heterocycles. The van der Waals surface area contributed by atoms with Gasteiger partial charge < -0.3 is 13.9 Å². The molecule has 0 saturated carbocycles. The van der Waals surface area contributed by atoms with Crippen LogP contribution in [0.25, 0.3) is 124 Å². The van der Waals surface area contributed by atoms with Gasteiger partial charge in [0.2, 0.25) is 0 Å². The molecule has 3 aromatic heterocycles. The summed E-state index contributed by atoms with van der Waals surface area (Å²) < 4.78 is 11.7. The highest BCUT2D eigenvalue weighted by molar-refractivity contribution is 7.25. The Kier molecular flexibility index (Phi) is 8.53. The molecule has 0 atom stereocenters. The zero-order valence-corrected chi connectivity index (χ0v) is 38.6. The van der Waals surface area contributed by atoms with Gasteiger partial charge in [-0.05, 0) is 135 Å². The normalized spacial score (nSPS) is 12.0. The fourth-order valence-corrected chi connectivity index (χ4v) is 12.3. The van der Waals surface area contributed by atoms with E-state index in [2.05, 4.69) is 252 Å². The maximum atomic E-state index is 6.69. The number of rotatable bonds is 6. The Morgan fingerprint density at radius 1 is 0.329 bits per heavy atom. The standard InChI is InChI=1S/C66H40N2OS/c1-2-15-44-35-49(28-24-41(44)12-1)68-61-21-9-7-19-54(61)55-30-26-46(39-62(55)68)48-34-47(45-27-33-65-59(38-45)56-20-8-10-23-64(56)70-65)36-51(37-48)67(60-22-11-16-42-13-3-5-17-52(42)60)50-29-32-63-58(40-50)57-31-25-43-14-4-6-18-53(43)66(57)69-63/h1-40H. The number of hydrogen-bond acceptors (Lipinski definition) is 3. The summed E-state index contributed by atoms with van der Waals surface area (Å²) in [5, 5.41) is 14.3. The minimum absolute atomic E-state index is 0.869. The Hall–Kier alpha value is -8.96. The largest absolute Gasteiger partial charge is 0.455 e. The smallest absolute Gasteiger partial charge is 0.143 e. The summed E-state index contributed by atoms with van der Waals surface area (Å²) in [6.07, 6.45) is 0. The molecule has 12 aromatic carbocycles. The van der Waals surface area contributed by atoms with E-state index >= 15 is 0 Å². The van der Waals surface area contributed by atoms with E-state index in [-0.39, 0.29) is 0 Å². The number of fused-ring (bicyclic) bond motifs is 13. The molecule has 0 fully saturated rings. The predicted molar refractivity (Wildman–Crippen MR) is 299 cm³/mol. The third-order valence-corrected chi connectivity index (χ3v) is 15.6. The molecule has 0 aliphatic carbocycles. The van der Waals surface area contributed by atoms with Gasteiger partial charge in [-0.2, -0.15) is 0 Å². The Morgan fingerprint density at radius 3 is 1.84 bits per heavy atom. The van der Waals surface area contributed by atoms with Crippen LogP contribution < -0.4 is 4.90 Å². The molecule has 15 aromatic rings. The van der Waals surface area contributed by atoms with Crippen LogP contribution in [0.4, 0.5) is 17.1 Å². The first-order valence-electron chi connectivity index (χ1n) is 23.9. The van der Waals surface area contributed by atoms with Crippen LogP contribution in [0.15, 0.2) is 247 Å². The molecular weight excluding hydrogens is 869 g/mol. The number of furan rings is 1. The maximum Gasteiger partial charge on any atom is 0.143 e. The van der Waals surface area contributed by atoms with Gasteiger partial charge in [-0.1, -0.05) is 152 Å². The molecule has 0 amide bonds. The van der Waals surface area contributed by atoms with Crippen LogP contribution in [-0.4, -0.2) is 4.57 Å². The molecule has 3 heterocycles. The van der Waals surface area contributed by atoms with Crippen LogP contribution in [0.1, 0.15) is 0 Å². The van der Waals surface area contributed by atoms with Crippen LogP contribution in [-0.2, 0) is 0 Å². The molecule has 3 nitrogen and oxygen atoms in total. The highest BCUT2D eigenvalue weighted by atomic mass is 32.1. The van der Waals surface area contributed by atoms with Gasteiger partial charge >= 0.3 is 0 Å². The molecule has 0 spiro atoms. The maximum absolute atomic E-state index is 6.69. The van der Waals surface area contributed by atoms with Crippen LogP contribution in [0, 0.1) is 0 Å². The molecule has 70 heavy (non-hydrogen) atoms. The number of hydrogen-bond donors (Lipinski definition) is 0. The molecule has 0 bridgehead atoms. The quantitative estimate of drug-likeness (QED) is 0.166. The summed E-state index contributed by atoms with van der Waals surface area (Å²) in [5.41, 5.74) is 13.1. The van der Waals surface area contributed by atoms with Gasteiger partial charge in [0.1, 0.15) is 11.2 Å². The highest BCUT2D eigenvalue weighted by Gasteiger charge is 2.22. The topological polar surface area (TPSA) is 21.3 Å². The lowest BCUT2D eigenvalue weighted by Gasteiger charge is -2.28. The molecular formula is C66H40N2OS. The number of benzene rings is 12. The first-order chi connectivity index (χ1) is 34.7. The second-order valence-corrected chi connectivity index (χ2v) is 19.6. The minimum Gasteiger partial charge on any atom is -0.455 e. The molecule has 0 saturated heterocycles. The van der Waals surface area contributed by atoms with Crippen molar-refractivity contribution in [2.75, 3.05) is 4.90 Å². The Balaban J connectivity index is 1.00. The first kappa shape index (κ1) is 39.1. The van der Waals surface area contributed by atoms with Crippen molar-refractivity contribution in [1.82, 2.24) is 4.57 Å². The summed E-state index contributed by atoms with van der Waals surface area (Å²) >= 11 is 1.86. The van der Waals surface area contributed by atoms with Gasteiger partial charge in [0.15, 0.2) is 0 Å². The van der Waals surface area contributed by atoms with Gasteiger partial charge in [-0.3, -0.25) is 0 Å². The average Bonchev–Trinajstić information content (AvgIpc) is 4.10. The van der Waals surface area contributed by atoms with Crippen LogP contribution >= 0.6 is 11.3 Å². The van der Waals surface area contributed by atoms with Gasteiger partial charge in [0.05, 0.1) is 16.7 Å².